The van der Waals surface area contributed by atoms with Crippen LogP contribution in [0.2, 0.25) is 0 Å². The third kappa shape index (κ3) is 5.34. The number of thioether (sulfide) groups is 1. The third-order valence-corrected chi connectivity index (χ3v) is 5.68. The van der Waals surface area contributed by atoms with Crippen LogP contribution in [-0.2, 0) is 15.3 Å². The number of aromatic nitrogens is 3. The minimum absolute atomic E-state index is 0.0536. The van der Waals surface area contributed by atoms with Gasteiger partial charge in [0, 0.05) is 18.1 Å². The highest BCUT2D eigenvalue weighted by atomic mass is 32.2. The summed E-state index contributed by atoms with van der Waals surface area (Å²) in [6, 6.07) is 9.11. The van der Waals surface area contributed by atoms with E-state index in [0.29, 0.717) is 5.75 Å². The Balaban J connectivity index is 1.46. The molecule has 2 aromatic rings. The molecule has 0 aliphatic carbocycles. The zero-order valence-corrected chi connectivity index (χ0v) is 16.8. The molecule has 0 unspecified atom stereocenters. The largest absolute Gasteiger partial charge is 0.387 e. The molecule has 1 saturated heterocycles. The summed E-state index contributed by atoms with van der Waals surface area (Å²) in [5.74, 6) is -0.290. The number of nitrogens with zero attached hydrogens (tertiary/aromatic N) is 3. The summed E-state index contributed by atoms with van der Waals surface area (Å²) in [5.41, 5.74) is 12.2. The Kier molecular flexibility index (Phi) is 7.39. The molecule has 7 N–H and O–H groups in total. The zero-order chi connectivity index (χ0) is 21.7. The first-order valence-electron chi connectivity index (χ1n) is 9.24. The lowest BCUT2D eigenvalue weighted by Gasteiger charge is -2.17. The number of aliphatic hydroxyl groups excluding tert-OH is 2. The minimum Gasteiger partial charge on any atom is -0.387 e. The van der Waals surface area contributed by atoms with E-state index >= 15 is 0 Å². The molecule has 2 amide bonds. The van der Waals surface area contributed by atoms with Crippen LogP contribution in [0.5, 0.6) is 0 Å². The fraction of sp³-hybridized carbons (Fsp3) is 0.444. The Bertz CT molecular complexity index is 866. The number of primary amides is 1. The van der Waals surface area contributed by atoms with Crippen molar-refractivity contribution in [3.05, 3.63) is 48.0 Å². The van der Waals surface area contributed by atoms with Crippen molar-refractivity contribution in [2.24, 2.45) is 11.5 Å². The summed E-state index contributed by atoms with van der Waals surface area (Å²) >= 11 is 1.54. The van der Waals surface area contributed by atoms with Crippen LogP contribution in [0.3, 0.4) is 0 Å². The average Bonchev–Trinajstić information content (AvgIpc) is 3.33. The molecule has 30 heavy (non-hydrogen) atoms. The molecule has 0 bridgehead atoms. The number of aliphatic hydroxyl groups is 2. The number of rotatable bonds is 9. The first-order valence-corrected chi connectivity index (χ1v) is 10.4. The maximum absolute atomic E-state index is 12.2. The molecule has 1 aromatic carbocycles. The Morgan fingerprint density at radius 3 is 2.67 bits per heavy atom. The predicted molar refractivity (Wildman–Crippen MR) is 108 cm³/mol. The van der Waals surface area contributed by atoms with E-state index in [4.69, 9.17) is 16.2 Å². The summed E-state index contributed by atoms with van der Waals surface area (Å²) in [5, 5.41) is 26.9. The van der Waals surface area contributed by atoms with Crippen LogP contribution >= 0.6 is 11.8 Å². The van der Waals surface area contributed by atoms with Crippen LogP contribution < -0.4 is 16.8 Å². The first kappa shape index (κ1) is 22.2. The molecule has 12 heteroatoms. The molecule has 0 saturated carbocycles. The van der Waals surface area contributed by atoms with Gasteiger partial charge in [-0.05, 0) is 5.56 Å². The average molecular weight is 436 g/mol. The van der Waals surface area contributed by atoms with Gasteiger partial charge in [-0.25, -0.2) is 9.67 Å². The lowest BCUT2D eigenvalue weighted by Crippen LogP contribution is -2.47. The van der Waals surface area contributed by atoms with Gasteiger partial charge in [0.25, 0.3) is 5.91 Å². The van der Waals surface area contributed by atoms with Crippen molar-refractivity contribution < 1.29 is 24.5 Å². The molecule has 5 atom stereocenters. The van der Waals surface area contributed by atoms with Gasteiger partial charge in [0.2, 0.25) is 11.7 Å². The Labute approximate surface area is 176 Å². The quantitative estimate of drug-likeness (QED) is 0.309. The molecular weight excluding hydrogens is 412 g/mol. The normalized spacial score (nSPS) is 24.5. The molecule has 11 nitrogen and oxygen atoms in total. The van der Waals surface area contributed by atoms with E-state index in [1.165, 1.54) is 6.33 Å². The lowest BCUT2D eigenvalue weighted by atomic mass is 10.1. The first-order chi connectivity index (χ1) is 14.4. The summed E-state index contributed by atoms with van der Waals surface area (Å²) in [7, 11) is 0. The van der Waals surface area contributed by atoms with E-state index in [0.717, 1.165) is 16.0 Å². The summed E-state index contributed by atoms with van der Waals surface area (Å²) in [4.78, 5) is 27.0. The molecule has 3 rings (SSSR count). The van der Waals surface area contributed by atoms with Crippen LogP contribution in [0.25, 0.3) is 0 Å². The zero-order valence-electron chi connectivity index (χ0n) is 16.0. The molecule has 0 spiro atoms. The highest BCUT2D eigenvalue weighted by Gasteiger charge is 2.44. The van der Waals surface area contributed by atoms with Crippen molar-refractivity contribution >= 4 is 23.6 Å². The highest BCUT2D eigenvalue weighted by Crippen LogP contribution is 2.28. The standard InChI is InChI=1S/C18H24N6O5S/c19-11(8-30-7-10-4-2-1-3-5-10)17(28)21-6-12-13(25)14(26)18(29-12)24-9-22-16(23-24)15(20)27/h1-5,9,11-14,18,25-26H,6-8,19H2,(H2,20,27)(H,21,28)/t11-,12-,13-,14-,18-/m1/s1. The number of amides is 2. The number of carbonyl (C=O) groups excluding carboxylic acids is 2. The number of hydrogen-bond donors (Lipinski definition) is 5. The fourth-order valence-corrected chi connectivity index (χ4v) is 3.86. The predicted octanol–water partition coefficient (Wildman–Crippen LogP) is -1.63. The van der Waals surface area contributed by atoms with Gasteiger partial charge in [0.15, 0.2) is 6.23 Å². The SMILES string of the molecule is NC(=O)c1ncn([C@@H]2O[C@H](CNC(=O)[C@H](N)CSCc3ccccc3)[C@@H](O)[C@H]2O)n1. The second-order valence-corrected chi connectivity index (χ2v) is 7.84. The van der Waals surface area contributed by atoms with Gasteiger partial charge in [0.1, 0.15) is 24.6 Å². The van der Waals surface area contributed by atoms with Crippen LogP contribution in [0, 0.1) is 0 Å². The van der Waals surface area contributed by atoms with Gasteiger partial charge in [-0.1, -0.05) is 30.3 Å². The maximum Gasteiger partial charge on any atom is 0.288 e. The molecule has 1 aliphatic rings. The monoisotopic (exact) mass is 436 g/mol. The summed E-state index contributed by atoms with van der Waals surface area (Å²) < 4.78 is 6.68. The van der Waals surface area contributed by atoms with E-state index in [-0.39, 0.29) is 18.3 Å². The van der Waals surface area contributed by atoms with E-state index in [1.807, 2.05) is 30.3 Å². The number of hydrogen-bond acceptors (Lipinski definition) is 9. The Hall–Kier alpha value is -2.51. The molecule has 162 valence electrons. The molecule has 1 fully saturated rings. The second kappa shape index (κ2) is 10.00. The van der Waals surface area contributed by atoms with E-state index < -0.39 is 36.5 Å². The van der Waals surface area contributed by atoms with Gasteiger partial charge in [-0.3, -0.25) is 9.59 Å². The molecule has 1 aliphatic heterocycles. The van der Waals surface area contributed by atoms with Crippen LogP contribution in [0.1, 0.15) is 22.4 Å². The van der Waals surface area contributed by atoms with Crippen molar-refractivity contribution in [2.45, 2.75) is 36.3 Å². The van der Waals surface area contributed by atoms with Crippen molar-refractivity contribution in [1.29, 1.82) is 0 Å². The van der Waals surface area contributed by atoms with Crippen molar-refractivity contribution in [3.8, 4) is 0 Å². The van der Waals surface area contributed by atoms with Crippen LogP contribution in [0.4, 0.5) is 0 Å². The summed E-state index contributed by atoms with van der Waals surface area (Å²) in [6.45, 7) is -0.0536. The molecular formula is C18H24N6O5S. The molecule has 1 aromatic heterocycles. The fourth-order valence-electron chi connectivity index (χ4n) is 2.91. The third-order valence-electron chi connectivity index (χ3n) is 4.55. The van der Waals surface area contributed by atoms with E-state index in [2.05, 4.69) is 15.4 Å². The van der Waals surface area contributed by atoms with Gasteiger partial charge in [0.05, 0.1) is 6.04 Å². The highest BCUT2D eigenvalue weighted by molar-refractivity contribution is 7.98. The lowest BCUT2D eigenvalue weighted by molar-refractivity contribution is -0.123. The van der Waals surface area contributed by atoms with Gasteiger partial charge < -0.3 is 31.7 Å². The number of nitrogens with one attached hydrogen (secondary N) is 1. The van der Waals surface area contributed by atoms with Crippen LogP contribution in [-0.4, -0.2) is 73.4 Å². The Morgan fingerprint density at radius 1 is 1.27 bits per heavy atom. The smallest absolute Gasteiger partial charge is 0.288 e. The van der Waals surface area contributed by atoms with E-state index in [1.54, 1.807) is 11.8 Å². The number of nitrogens with two attached hydrogens (primary N) is 2. The van der Waals surface area contributed by atoms with Crippen LogP contribution in [0.15, 0.2) is 36.7 Å². The maximum atomic E-state index is 12.2. The molecule has 0 radical (unpaired) electrons. The van der Waals surface area contributed by atoms with Crippen molar-refractivity contribution in [2.75, 3.05) is 12.3 Å². The minimum atomic E-state index is -1.33. The topological polar surface area (TPSA) is 179 Å². The van der Waals surface area contributed by atoms with Gasteiger partial charge in [-0.15, -0.1) is 5.10 Å². The Morgan fingerprint density at radius 2 is 2.00 bits per heavy atom. The molecule has 2 heterocycles. The number of ether oxygens (including phenoxy) is 1. The van der Waals surface area contributed by atoms with Gasteiger partial charge >= 0.3 is 0 Å². The summed E-state index contributed by atoms with van der Waals surface area (Å²) in [6.07, 6.45) is -3.40. The number of carbonyl (C=O) groups is 2. The van der Waals surface area contributed by atoms with Crippen molar-refractivity contribution in [1.82, 2.24) is 20.1 Å². The van der Waals surface area contributed by atoms with Gasteiger partial charge in [-0.2, -0.15) is 11.8 Å². The second-order valence-electron chi connectivity index (χ2n) is 6.81. The number of benzene rings is 1. The van der Waals surface area contributed by atoms with E-state index in [9.17, 15) is 19.8 Å². The van der Waals surface area contributed by atoms with Crippen molar-refractivity contribution in [3.63, 3.8) is 0 Å².